The lowest BCUT2D eigenvalue weighted by molar-refractivity contribution is 0.316. The van der Waals surface area contributed by atoms with Crippen molar-refractivity contribution in [3.8, 4) is 5.75 Å². The molecule has 0 bridgehead atoms. The third-order valence-electron chi connectivity index (χ3n) is 3.04. The molecule has 1 heterocycles. The number of hydrogen-bond donors (Lipinski definition) is 1. The van der Waals surface area contributed by atoms with E-state index in [-0.39, 0.29) is 0 Å². The number of nitrogens with zero attached hydrogens (tertiary/aromatic N) is 2. The number of pyridine rings is 1. The fourth-order valence-electron chi connectivity index (χ4n) is 2.00. The maximum Gasteiger partial charge on any atom is 0.171 e. The number of rotatable bonds is 6. The lowest BCUT2D eigenvalue weighted by Crippen LogP contribution is -2.19. The molecular formula is C16H21N3O. The van der Waals surface area contributed by atoms with Gasteiger partial charge in [0.05, 0.1) is 6.61 Å². The highest BCUT2D eigenvalue weighted by atomic mass is 16.5. The number of anilines is 2. The Morgan fingerprint density at radius 1 is 1.20 bits per heavy atom. The summed E-state index contributed by atoms with van der Waals surface area (Å²) in [4.78, 5) is 6.47. The number of benzene rings is 1. The molecule has 2 N–H and O–H groups in total. The van der Waals surface area contributed by atoms with Crippen LogP contribution in [0.5, 0.6) is 5.75 Å². The van der Waals surface area contributed by atoms with Crippen LogP contribution in [-0.4, -0.2) is 18.6 Å². The molecule has 0 spiro atoms. The average molecular weight is 271 g/mol. The standard InChI is InChI=1S/C16H21N3O/c1-3-11-20-15-9-6-10-18-16(15)19(2)12-13-7-4-5-8-14(13)17/h4-10H,3,11-12,17H2,1-2H3. The maximum absolute atomic E-state index is 5.99. The van der Waals surface area contributed by atoms with Crippen molar-refractivity contribution in [3.63, 3.8) is 0 Å². The Labute approximate surface area is 120 Å². The van der Waals surface area contributed by atoms with Crippen molar-refractivity contribution in [2.24, 2.45) is 0 Å². The average Bonchev–Trinajstić information content (AvgIpc) is 2.47. The third-order valence-corrected chi connectivity index (χ3v) is 3.04. The highest BCUT2D eigenvalue weighted by molar-refractivity contribution is 5.54. The largest absolute Gasteiger partial charge is 0.490 e. The van der Waals surface area contributed by atoms with Gasteiger partial charge in [0.1, 0.15) is 0 Å². The van der Waals surface area contributed by atoms with Crippen LogP contribution >= 0.6 is 0 Å². The highest BCUT2D eigenvalue weighted by Gasteiger charge is 2.11. The Hall–Kier alpha value is -2.23. The molecular weight excluding hydrogens is 250 g/mol. The van der Waals surface area contributed by atoms with E-state index >= 15 is 0 Å². The van der Waals surface area contributed by atoms with E-state index in [0.717, 1.165) is 29.2 Å². The molecule has 0 aliphatic heterocycles. The summed E-state index contributed by atoms with van der Waals surface area (Å²) in [5.41, 5.74) is 7.87. The van der Waals surface area contributed by atoms with Gasteiger partial charge in [0.15, 0.2) is 11.6 Å². The van der Waals surface area contributed by atoms with Crippen LogP contribution in [0.25, 0.3) is 0 Å². The van der Waals surface area contributed by atoms with Crippen molar-refractivity contribution in [1.82, 2.24) is 4.98 Å². The second-order valence-corrected chi connectivity index (χ2v) is 4.73. The van der Waals surface area contributed by atoms with Crippen LogP contribution in [-0.2, 0) is 6.54 Å². The van der Waals surface area contributed by atoms with E-state index in [1.807, 2.05) is 43.4 Å². The molecule has 4 heteroatoms. The number of nitrogens with two attached hydrogens (primary N) is 1. The summed E-state index contributed by atoms with van der Waals surface area (Å²) in [6, 6.07) is 11.7. The van der Waals surface area contributed by atoms with E-state index in [1.54, 1.807) is 6.20 Å². The Morgan fingerprint density at radius 3 is 2.75 bits per heavy atom. The van der Waals surface area contributed by atoms with Crippen LogP contribution in [0.15, 0.2) is 42.6 Å². The second-order valence-electron chi connectivity index (χ2n) is 4.73. The Morgan fingerprint density at radius 2 is 2.00 bits per heavy atom. The van der Waals surface area contributed by atoms with Crippen LogP contribution in [0.1, 0.15) is 18.9 Å². The van der Waals surface area contributed by atoms with Gasteiger partial charge in [0.25, 0.3) is 0 Å². The third kappa shape index (κ3) is 3.41. The molecule has 0 atom stereocenters. The molecule has 2 rings (SSSR count). The first kappa shape index (κ1) is 14.2. The molecule has 0 aliphatic carbocycles. The predicted octanol–water partition coefficient (Wildman–Crippen LogP) is 3.09. The van der Waals surface area contributed by atoms with Gasteiger partial charge in [-0.05, 0) is 30.2 Å². The number of nitrogen functional groups attached to an aromatic ring is 1. The van der Waals surface area contributed by atoms with Crippen molar-refractivity contribution in [3.05, 3.63) is 48.2 Å². The predicted molar refractivity (Wildman–Crippen MR) is 83.0 cm³/mol. The summed E-state index contributed by atoms with van der Waals surface area (Å²) in [5, 5.41) is 0. The number of aromatic nitrogens is 1. The zero-order valence-corrected chi connectivity index (χ0v) is 12.0. The van der Waals surface area contributed by atoms with Crippen molar-refractivity contribution in [2.45, 2.75) is 19.9 Å². The zero-order valence-electron chi connectivity index (χ0n) is 12.0. The maximum atomic E-state index is 5.99. The van der Waals surface area contributed by atoms with Gasteiger partial charge in [-0.25, -0.2) is 4.98 Å². The van der Waals surface area contributed by atoms with Gasteiger partial charge in [0.2, 0.25) is 0 Å². The van der Waals surface area contributed by atoms with E-state index in [0.29, 0.717) is 13.2 Å². The molecule has 1 aromatic carbocycles. The van der Waals surface area contributed by atoms with Crippen molar-refractivity contribution in [1.29, 1.82) is 0 Å². The number of hydrogen-bond acceptors (Lipinski definition) is 4. The van der Waals surface area contributed by atoms with E-state index < -0.39 is 0 Å². The van der Waals surface area contributed by atoms with Gasteiger partial charge < -0.3 is 15.4 Å². The van der Waals surface area contributed by atoms with Gasteiger partial charge in [-0.1, -0.05) is 25.1 Å². The molecule has 0 saturated carbocycles. The van der Waals surface area contributed by atoms with E-state index in [1.165, 1.54) is 0 Å². The van der Waals surface area contributed by atoms with Crippen LogP contribution in [0, 0.1) is 0 Å². The number of ether oxygens (including phenoxy) is 1. The van der Waals surface area contributed by atoms with E-state index in [2.05, 4.69) is 16.8 Å². The minimum Gasteiger partial charge on any atom is -0.490 e. The summed E-state index contributed by atoms with van der Waals surface area (Å²) in [6.07, 6.45) is 2.75. The summed E-state index contributed by atoms with van der Waals surface area (Å²) >= 11 is 0. The Kier molecular flexibility index (Phi) is 4.82. The SMILES string of the molecule is CCCOc1cccnc1N(C)Cc1ccccc1N. The van der Waals surface area contributed by atoms with Gasteiger partial charge in [-0.2, -0.15) is 0 Å². The molecule has 0 amide bonds. The minimum absolute atomic E-state index is 0.694. The lowest BCUT2D eigenvalue weighted by Gasteiger charge is -2.21. The summed E-state index contributed by atoms with van der Waals surface area (Å²) in [7, 11) is 1.99. The number of para-hydroxylation sites is 1. The highest BCUT2D eigenvalue weighted by Crippen LogP contribution is 2.26. The monoisotopic (exact) mass is 271 g/mol. The van der Waals surface area contributed by atoms with Gasteiger partial charge in [0, 0.05) is 25.5 Å². The van der Waals surface area contributed by atoms with Crippen molar-refractivity contribution < 1.29 is 4.74 Å². The molecule has 1 aromatic heterocycles. The Balaban J connectivity index is 2.16. The Bertz CT molecular complexity index is 557. The molecule has 20 heavy (non-hydrogen) atoms. The van der Waals surface area contributed by atoms with Crippen LogP contribution in [0.2, 0.25) is 0 Å². The minimum atomic E-state index is 0.694. The van der Waals surface area contributed by atoms with E-state index in [4.69, 9.17) is 10.5 Å². The first-order valence-corrected chi connectivity index (χ1v) is 6.84. The van der Waals surface area contributed by atoms with Gasteiger partial charge >= 0.3 is 0 Å². The van der Waals surface area contributed by atoms with Crippen LogP contribution in [0.4, 0.5) is 11.5 Å². The molecule has 0 aliphatic rings. The smallest absolute Gasteiger partial charge is 0.171 e. The fraction of sp³-hybridized carbons (Fsp3) is 0.312. The molecule has 2 aromatic rings. The summed E-state index contributed by atoms with van der Waals surface area (Å²) in [5.74, 6) is 1.65. The molecule has 0 radical (unpaired) electrons. The van der Waals surface area contributed by atoms with Crippen molar-refractivity contribution >= 4 is 11.5 Å². The quantitative estimate of drug-likeness (QED) is 0.820. The first-order chi connectivity index (χ1) is 9.72. The van der Waals surface area contributed by atoms with Crippen molar-refractivity contribution in [2.75, 3.05) is 24.3 Å². The second kappa shape index (κ2) is 6.80. The lowest BCUT2D eigenvalue weighted by atomic mass is 10.1. The normalized spacial score (nSPS) is 10.3. The van der Waals surface area contributed by atoms with Crippen LogP contribution in [0.3, 0.4) is 0 Å². The first-order valence-electron chi connectivity index (χ1n) is 6.84. The summed E-state index contributed by atoms with van der Waals surface area (Å²) in [6.45, 7) is 3.48. The zero-order chi connectivity index (χ0) is 14.4. The fourth-order valence-corrected chi connectivity index (χ4v) is 2.00. The topological polar surface area (TPSA) is 51.4 Å². The van der Waals surface area contributed by atoms with Crippen LogP contribution < -0.4 is 15.4 Å². The van der Waals surface area contributed by atoms with Gasteiger partial charge in [-0.15, -0.1) is 0 Å². The van der Waals surface area contributed by atoms with E-state index in [9.17, 15) is 0 Å². The molecule has 106 valence electrons. The molecule has 0 unspecified atom stereocenters. The van der Waals surface area contributed by atoms with Gasteiger partial charge in [-0.3, -0.25) is 0 Å². The molecule has 0 saturated heterocycles. The molecule has 4 nitrogen and oxygen atoms in total. The summed E-state index contributed by atoms with van der Waals surface area (Å²) < 4.78 is 5.74. The molecule has 0 fully saturated rings.